The molecule has 1 atom stereocenters. The Kier molecular flexibility index (Phi) is 5.06. The highest BCUT2D eigenvalue weighted by molar-refractivity contribution is 6.17. The topological polar surface area (TPSA) is 110 Å². The van der Waals surface area contributed by atoms with Crippen LogP contribution >= 0.6 is 0 Å². The van der Waals surface area contributed by atoms with Crippen LogP contribution in [0.15, 0.2) is 17.3 Å². The lowest BCUT2D eigenvalue weighted by Crippen LogP contribution is -2.41. The number of pyridine rings is 1. The van der Waals surface area contributed by atoms with Gasteiger partial charge in [-0.15, -0.1) is 0 Å². The maximum Gasteiger partial charge on any atom is 0.338 e. The van der Waals surface area contributed by atoms with E-state index in [1.165, 1.54) is 12.3 Å². The van der Waals surface area contributed by atoms with Gasteiger partial charge in [-0.1, -0.05) is 13.8 Å². The zero-order chi connectivity index (χ0) is 18.9. The van der Waals surface area contributed by atoms with Crippen molar-refractivity contribution in [2.75, 3.05) is 13.2 Å². The third kappa shape index (κ3) is 3.34. The summed E-state index contributed by atoms with van der Waals surface area (Å²) < 4.78 is 11.2. The van der Waals surface area contributed by atoms with Crippen LogP contribution in [0.1, 0.15) is 61.5 Å². The maximum absolute atomic E-state index is 12.3. The molecule has 1 unspecified atom stereocenters. The summed E-state index contributed by atoms with van der Waals surface area (Å²) in [7, 11) is 0. The van der Waals surface area contributed by atoms with Gasteiger partial charge in [0.25, 0.3) is 5.91 Å². The highest BCUT2D eigenvalue weighted by Gasteiger charge is 2.43. The molecule has 2 N–H and O–H groups in total. The molecule has 0 spiro atoms. The van der Waals surface area contributed by atoms with E-state index in [2.05, 4.69) is 15.3 Å². The average Bonchev–Trinajstić information content (AvgIpc) is 2.80. The number of aromatic carboxylic acids is 1. The smallest absolute Gasteiger partial charge is 0.338 e. The van der Waals surface area contributed by atoms with E-state index in [0.717, 1.165) is 12.8 Å². The number of carbonyl (C=O) groups is 2. The minimum Gasteiger partial charge on any atom is -0.478 e. The summed E-state index contributed by atoms with van der Waals surface area (Å²) in [5.74, 6) is -1.28. The lowest BCUT2D eigenvalue weighted by Gasteiger charge is -2.21. The molecule has 1 amide bonds. The monoisotopic (exact) mass is 361 g/mol. The van der Waals surface area contributed by atoms with E-state index >= 15 is 0 Å². The highest BCUT2D eigenvalue weighted by Crippen LogP contribution is 2.28. The van der Waals surface area contributed by atoms with E-state index in [4.69, 9.17) is 9.47 Å². The van der Waals surface area contributed by atoms with Crippen molar-refractivity contribution in [1.29, 1.82) is 0 Å². The number of aromatic nitrogens is 1. The summed E-state index contributed by atoms with van der Waals surface area (Å²) in [6.07, 6.45) is 2.66. The number of carboxylic acids is 1. The van der Waals surface area contributed by atoms with Crippen LogP contribution in [0, 0.1) is 5.92 Å². The number of rotatable bonds is 4. The standard InChI is InChI=1S/C18H23N3O5/c1-10(2)18(3)17(24)20-14(21-18)13-12(15(22)23)8-11(9-19-13)16-25-6-4-5-7-26-16/h8-10,16H,4-7H2,1-3H3,(H,22,23)(H,20,21,24). The van der Waals surface area contributed by atoms with Gasteiger partial charge in [0, 0.05) is 11.8 Å². The summed E-state index contributed by atoms with van der Waals surface area (Å²) in [6, 6.07) is 1.47. The summed E-state index contributed by atoms with van der Waals surface area (Å²) >= 11 is 0. The fourth-order valence-electron chi connectivity index (χ4n) is 2.84. The summed E-state index contributed by atoms with van der Waals surface area (Å²) in [4.78, 5) is 32.8. The molecule has 0 aromatic carbocycles. The maximum atomic E-state index is 12.3. The van der Waals surface area contributed by atoms with Gasteiger partial charge in [0.1, 0.15) is 11.2 Å². The van der Waals surface area contributed by atoms with Gasteiger partial charge in [-0.3, -0.25) is 9.78 Å². The number of ether oxygens (including phenoxy) is 2. The minimum atomic E-state index is -1.15. The number of aliphatic imine (C=N–C) groups is 1. The fraction of sp³-hybridized carbons (Fsp3) is 0.556. The largest absolute Gasteiger partial charge is 0.478 e. The molecule has 0 radical (unpaired) electrons. The number of nitrogens with zero attached hydrogens (tertiary/aromatic N) is 2. The van der Waals surface area contributed by atoms with E-state index in [9.17, 15) is 14.7 Å². The van der Waals surface area contributed by atoms with E-state index in [1.54, 1.807) is 6.92 Å². The molecule has 0 saturated carbocycles. The van der Waals surface area contributed by atoms with E-state index in [-0.39, 0.29) is 28.9 Å². The van der Waals surface area contributed by atoms with Gasteiger partial charge in [0.15, 0.2) is 12.1 Å². The molecule has 1 saturated heterocycles. The third-order valence-electron chi connectivity index (χ3n) is 4.87. The van der Waals surface area contributed by atoms with Gasteiger partial charge in [0.05, 0.1) is 18.8 Å². The van der Waals surface area contributed by atoms with Crippen LogP contribution in [0.4, 0.5) is 0 Å². The van der Waals surface area contributed by atoms with Crippen molar-refractivity contribution in [3.05, 3.63) is 29.1 Å². The normalized spacial score (nSPS) is 24.3. The zero-order valence-electron chi connectivity index (χ0n) is 15.1. The molecule has 26 heavy (non-hydrogen) atoms. The molecule has 2 aliphatic rings. The fourth-order valence-corrected chi connectivity index (χ4v) is 2.84. The Labute approximate surface area is 151 Å². The van der Waals surface area contributed by atoms with Crippen LogP contribution in [0.3, 0.4) is 0 Å². The summed E-state index contributed by atoms with van der Waals surface area (Å²) in [5, 5.41) is 12.3. The molecule has 1 aromatic heterocycles. The average molecular weight is 361 g/mol. The number of nitrogens with one attached hydrogen (secondary N) is 1. The van der Waals surface area contributed by atoms with Crippen LogP contribution in [0.2, 0.25) is 0 Å². The number of amidine groups is 1. The quantitative estimate of drug-likeness (QED) is 0.847. The molecule has 0 bridgehead atoms. The number of carbonyl (C=O) groups excluding carboxylic acids is 1. The van der Waals surface area contributed by atoms with Crippen molar-refractivity contribution in [1.82, 2.24) is 10.3 Å². The van der Waals surface area contributed by atoms with E-state index in [1.807, 2.05) is 13.8 Å². The minimum absolute atomic E-state index is 0.0414. The van der Waals surface area contributed by atoms with Gasteiger partial charge >= 0.3 is 5.97 Å². The van der Waals surface area contributed by atoms with Crippen LogP contribution in [-0.2, 0) is 14.3 Å². The SMILES string of the molecule is CC(C)C1(C)N=C(c2ncc(C3OCCCCO3)cc2C(=O)O)NC1=O. The summed E-state index contributed by atoms with van der Waals surface area (Å²) in [6.45, 7) is 6.60. The lowest BCUT2D eigenvalue weighted by molar-refractivity contribution is -0.130. The predicted molar refractivity (Wildman–Crippen MR) is 93.0 cm³/mol. The number of amides is 1. The van der Waals surface area contributed by atoms with E-state index in [0.29, 0.717) is 18.8 Å². The Hall–Kier alpha value is -2.32. The van der Waals surface area contributed by atoms with Crippen LogP contribution < -0.4 is 5.32 Å². The molecule has 8 heteroatoms. The molecule has 3 heterocycles. The van der Waals surface area contributed by atoms with Crippen LogP contribution in [-0.4, -0.2) is 46.6 Å². The molecule has 140 valence electrons. The second kappa shape index (κ2) is 7.13. The Morgan fingerprint density at radius 2 is 2.00 bits per heavy atom. The molecular weight excluding hydrogens is 338 g/mol. The molecule has 2 aliphatic heterocycles. The van der Waals surface area contributed by atoms with Crippen LogP contribution in [0.25, 0.3) is 0 Å². The molecule has 0 aliphatic carbocycles. The molecule has 1 fully saturated rings. The molecule has 8 nitrogen and oxygen atoms in total. The highest BCUT2D eigenvalue weighted by atomic mass is 16.7. The first-order chi connectivity index (χ1) is 12.3. The first-order valence-corrected chi connectivity index (χ1v) is 8.71. The van der Waals surface area contributed by atoms with Gasteiger partial charge in [-0.05, 0) is 31.7 Å². The third-order valence-corrected chi connectivity index (χ3v) is 4.87. The predicted octanol–water partition coefficient (Wildman–Crippen LogP) is 1.90. The van der Waals surface area contributed by atoms with Crippen LogP contribution in [0.5, 0.6) is 0 Å². The Morgan fingerprint density at radius 3 is 2.54 bits per heavy atom. The Bertz CT molecular complexity index is 753. The Balaban J connectivity index is 1.98. The van der Waals surface area contributed by atoms with Crippen molar-refractivity contribution >= 4 is 17.7 Å². The van der Waals surface area contributed by atoms with Gasteiger partial charge in [-0.25, -0.2) is 9.79 Å². The number of carboxylic acid groups (broad SMARTS) is 1. The molecule has 3 rings (SSSR count). The first kappa shape index (κ1) is 18.5. The number of hydrogen-bond acceptors (Lipinski definition) is 6. The van der Waals surface area contributed by atoms with Gasteiger partial charge in [-0.2, -0.15) is 0 Å². The van der Waals surface area contributed by atoms with Crippen molar-refractivity contribution in [3.8, 4) is 0 Å². The Morgan fingerprint density at radius 1 is 1.35 bits per heavy atom. The van der Waals surface area contributed by atoms with E-state index < -0.39 is 17.8 Å². The van der Waals surface area contributed by atoms with Gasteiger partial charge in [0.2, 0.25) is 0 Å². The lowest BCUT2D eigenvalue weighted by atomic mass is 9.89. The van der Waals surface area contributed by atoms with Crippen molar-refractivity contribution in [2.45, 2.75) is 45.4 Å². The molecule has 1 aromatic rings. The van der Waals surface area contributed by atoms with Crippen molar-refractivity contribution in [3.63, 3.8) is 0 Å². The van der Waals surface area contributed by atoms with Crippen molar-refractivity contribution in [2.24, 2.45) is 10.9 Å². The summed E-state index contributed by atoms with van der Waals surface area (Å²) in [5.41, 5.74) is -0.331. The second-order valence-corrected chi connectivity index (χ2v) is 6.97. The number of hydrogen-bond donors (Lipinski definition) is 2. The van der Waals surface area contributed by atoms with Gasteiger partial charge < -0.3 is 19.9 Å². The zero-order valence-corrected chi connectivity index (χ0v) is 15.1. The van der Waals surface area contributed by atoms with Crippen molar-refractivity contribution < 1.29 is 24.2 Å². The first-order valence-electron chi connectivity index (χ1n) is 8.71. The second-order valence-electron chi connectivity index (χ2n) is 6.97. The molecular formula is C18H23N3O5.